The third-order valence-electron chi connectivity index (χ3n) is 3.85. The van der Waals surface area contributed by atoms with Crippen LogP contribution in [0.2, 0.25) is 10.0 Å². The van der Waals surface area contributed by atoms with E-state index in [-0.39, 0.29) is 28.4 Å². The fraction of sp³-hybridized carbons (Fsp3) is 0.357. The van der Waals surface area contributed by atoms with Crippen molar-refractivity contribution < 1.29 is 8.42 Å². The summed E-state index contributed by atoms with van der Waals surface area (Å²) in [6, 6.07) is 3.98. The normalized spacial score (nSPS) is 19.0. The number of halogens is 3. The summed E-state index contributed by atoms with van der Waals surface area (Å²) in [7, 11) is -1.85. The summed E-state index contributed by atoms with van der Waals surface area (Å²) in [4.78, 5) is 4.43. The Labute approximate surface area is 157 Å². The second kappa shape index (κ2) is 7.59. The second-order valence-corrected chi connectivity index (χ2v) is 8.01. The predicted molar refractivity (Wildman–Crippen MR) is 96.4 cm³/mol. The van der Waals surface area contributed by atoms with Gasteiger partial charge in [0.25, 0.3) is 0 Å². The summed E-state index contributed by atoms with van der Waals surface area (Å²) < 4.78 is 29.3. The average Bonchev–Trinajstić information content (AvgIpc) is 2.96. The molecule has 1 saturated heterocycles. The number of sulfonamides is 1. The van der Waals surface area contributed by atoms with E-state index < -0.39 is 10.0 Å². The van der Waals surface area contributed by atoms with Crippen LogP contribution in [0.25, 0.3) is 0 Å². The van der Waals surface area contributed by atoms with Crippen molar-refractivity contribution in [1.82, 2.24) is 19.2 Å². The maximum Gasteiger partial charge on any atom is 0.243 e. The van der Waals surface area contributed by atoms with Crippen LogP contribution in [0, 0.1) is 0 Å². The van der Waals surface area contributed by atoms with E-state index in [1.165, 1.54) is 22.5 Å². The molecule has 1 aliphatic heterocycles. The molecule has 1 aromatic heterocycles. The van der Waals surface area contributed by atoms with E-state index in [1.54, 1.807) is 12.4 Å². The zero-order valence-corrected chi connectivity index (χ0v) is 16.0. The quantitative estimate of drug-likeness (QED) is 0.842. The second-order valence-electron chi connectivity index (χ2n) is 5.31. The fourth-order valence-corrected chi connectivity index (χ4v) is 4.64. The predicted octanol–water partition coefficient (Wildman–Crippen LogP) is 2.48. The van der Waals surface area contributed by atoms with E-state index in [9.17, 15) is 8.42 Å². The highest BCUT2D eigenvalue weighted by atomic mass is 35.5. The molecular formula is C14H17Cl3N4O2S. The molecule has 3 rings (SSSR count). The van der Waals surface area contributed by atoms with Gasteiger partial charge in [0.1, 0.15) is 5.82 Å². The molecule has 1 aliphatic rings. The van der Waals surface area contributed by atoms with Gasteiger partial charge in [0, 0.05) is 39.1 Å². The number of nitrogens with zero attached hydrogens (tertiary/aromatic N) is 3. The Balaban J connectivity index is 0.00000208. The molecule has 2 aromatic rings. The lowest BCUT2D eigenvalue weighted by molar-refractivity contribution is 0.258. The SMILES string of the molecule is Cl.Cn1ccnc1C1CNCCN1S(=O)(=O)c1ccc(Cl)c(Cl)c1. The van der Waals surface area contributed by atoms with E-state index in [2.05, 4.69) is 10.3 Å². The standard InChI is InChI=1S/C14H16Cl2N4O2S.ClH/c1-19-6-5-18-14(19)13-9-17-4-7-20(13)23(21,22)10-2-3-11(15)12(16)8-10;/h2-3,5-6,8,13,17H,4,7,9H2,1H3;1H. The van der Waals surface area contributed by atoms with E-state index in [1.807, 2.05) is 11.6 Å². The molecule has 6 nitrogen and oxygen atoms in total. The van der Waals surface area contributed by atoms with Gasteiger partial charge in [-0.1, -0.05) is 23.2 Å². The minimum atomic E-state index is -3.70. The zero-order valence-electron chi connectivity index (χ0n) is 12.8. The Hall–Kier alpha value is -0.830. The number of benzene rings is 1. The largest absolute Gasteiger partial charge is 0.337 e. The van der Waals surface area contributed by atoms with Crippen LogP contribution in [-0.4, -0.2) is 41.9 Å². The summed E-state index contributed by atoms with van der Waals surface area (Å²) in [5.41, 5.74) is 0. The Kier molecular flexibility index (Phi) is 6.17. The third-order valence-corrected chi connectivity index (χ3v) is 6.49. The first-order valence-corrected chi connectivity index (χ1v) is 9.25. The summed E-state index contributed by atoms with van der Waals surface area (Å²) in [5, 5.41) is 3.76. The minimum Gasteiger partial charge on any atom is -0.337 e. The average molecular weight is 412 g/mol. The van der Waals surface area contributed by atoms with E-state index in [4.69, 9.17) is 23.2 Å². The highest BCUT2D eigenvalue weighted by Gasteiger charge is 2.36. The van der Waals surface area contributed by atoms with Gasteiger partial charge in [-0.25, -0.2) is 13.4 Å². The van der Waals surface area contributed by atoms with Gasteiger partial charge >= 0.3 is 0 Å². The lowest BCUT2D eigenvalue weighted by atomic mass is 10.2. The molecule has 0 aliphatic carbocycles. The monoisotopic (exact) mass is 410 g/mol. The number of aryl methyl sites for hydroxylation is 1. The third kappa shape index (κ3) is 3.56. The molecule has 1 N–H and O–H groups in total. The number of nitrogens with one attached hydrogen (secondary N) is 1. The van der Waals surface area contributed by atoms with Crippen LogP contribution < -0.4 is 5.32 Å². The fourth-order valence-electron chi connectivity index (χ4n) is 2.66. The Morgan fingerprint density at radius 1 is 1.29 bits per heavy atom. The van der Waals surface area contributed by atoms with Gasteiger partial charge in [-0.05, 0) is 18.2 Å². The van der Waals surface area contributed by atoms with Crippen LogP contribution in [0.3, 0.4) is 0 Å². The van der Waals surface area contributed by atoms with Crippen LogP contribution in [0.4, 0.5) is 0 Å². The number of rotatable bonds is 3. The van der Waals surface area contributed by atoms with E-state index in [0.717, 1.165) is 0 Å². The molecular weight excluding hydrogens is 395 g/mol. The van der Waals surface area contributed by atoms with Gasteiger partial charge in [0.05, 0.1) is 21.0 Å². The van der Waals surface area contributed by atoms with E-state index in [0.29, 0.717) is 30.5 Å². The maximum atomic E-state index is 13.0. The van der Waals surface area contributed by atoms with Crippen molar-refractivity contribution in [3.63, 3.8) is 0 Å². The molecule has 0 spiro atoms. The molecule has 0 saturated carbocycles. The van der Waals surface area contributed by atoms with Crippen LogP contribution in [0.5, 0.6) is 0 Å². The van der Waals surface area contributed by atoms with Crippen molar-refractivity contribution in [2.24, 2.45) is 7.05 Å². The number of aromatic nitrogens is 2. The molecule has 132 valence electrons. The van der Waals surface area contributed by atoms with Gasteiger partial charge in [0.15, 0.2) is 0 Å². The Morgan fingerprint density at radius 3 is 2.67 bits per heavy atom. The smallest absolute Gasteiger partial charge is 0.243 e. The topological polar surface area (TPSA) is 67.2 Å². The summed E-state index contributed by atoms with van der Waals surface area (Å²) in [6.45, 7) is 1.45. The zero-order chi connectivity index (χ0) is 16.6. The molecule has 24 heavy (non-hydrogen) atoms. The number of piperazine rings is 1. The van der Waals surface area contributed by atoms with Gasteiger partial charge in [0.2, 0.25) is 10.0 Å². The lowest BCUT2D eigenvalue weighted by Gasteiger charge is -2.34. The maximum absolute atomic E-state index is 13.0. The lowest BCUT2D eigenvalue weighted by Crippen LogP contribution is -2.49. The van der Waals surface area contributed by atoms with Crippen molar-refractivity contribution in [2.45, 2.75) is 10.9 Å². The number of hydrogen-bond donors (Lipinski definition) is 1. The van der Waals surface area contributed by atoms with Crippen LogP contribution in [0.15, 0.2) is 35.5 Å². The molecule has 1 fully saturated rings. The van der Waals surface area contributed by atoms with E-state index >= 15 is 0 Å². The van der Waals surface area contributed by atoms with Crippen molar-refractivity contribution in [3.8, 4) is 0 Å². The van der Waals surface area contributed by atoms with Crippen LogP contribution in [-0.2, 0) is 17.1 Å². The molecule has 10 heteroatoms. The molecule has 2 heterocycles. The first-order valence-electron chi connectivity index (χ1n) is 7.06. The summed E-state index contributed by atoms with van der Waals surface area (Å²) in [5.74, 6) is 0.695. The number of imidazole rings is 1. The number of hydrogen-bond acceptors (Lipinski definition) is 4. The molecule has 1 aromatic carbocycles. The Bertz CT molecular complexity index is 825. The highest BCUT2D eigenvalue weighted by Crippen LogP contribution is 2.31. The van der Waals surface area contributed by atoms with Gasteiger partial charge in [-0.3, -0.25) is 0 Å². The molecule has 0 amide bonds. The van der Waals surface area contributed by atoms with Gasteiger partial charge in [-0.2, -0.15) is 4.31 Å². The van der Waals surface area contributed by atoms with Crippen molar-refractivity contribution in [3.05, 3.63) is 46.5 Å². The van der Waals surface area contributed by atoms with Crippen molar-refractivity contribution in [1.29, 1.82) is 0 Å². The van der Waals surface area contributed by atoms with Crippen LogP contribution >= 0.6 is 35.6 Å². The molecule has 1 atom stereocenters. The Morgan fingerprint density at radius 2 is 2.04 bits per heavy atom. The first-order chi connectivity index (χ1) is 10.9. The molecule has 1 unspecified atom stereocenters. The van der Waals surface area contributed by atoms with Crippen molar-refractivity contribution >= 4 is 45.6 Å². The summed E-state index contributed by atoms with van der Waals surface area (Å²) in [6.07, 6.45) is 3.46. The highest BCUT2D eigenvalue weighted by molar-refractivity contribution is 7.89. The summed E-state index contributed by atoms with van der Waals surface area (Å²) >= 11 is 11.9. The van der Waals surface area contributed by atoms with Crippen molar-refractivity contribution in [2.75, 3.05) is 19.6 Å². The molecule has 0 radical (unpaired) electrons. The first kappa shape index (κ1) is 19.5. The molecule has 0 bridgehead atoms. The van der Waals surface area contributed by atoms with Crippen LogP contribution in [0.1, 0.15) is 11.9 Å². The van der Waals surface area contributed by atoms with Gasteiger partial charge in [-0.15, -0.1) is 12.4 Å². The minimum absolute atomic E-state index is 0. The van der Waals surface area contributed by atoms with Gasteiger partial charge < -0.3 is 9.88 Å².